The average Bonchev–Trinajstić information content (AvgIpc) is 2.60. The van der Waals surface area contributed by atoms with Gasteiger partial charge in [0.25, 0.3) is 0 Å². The minimum atomic E-state index is -1.09. The van der Waals surface area contributed by atoms with Crippen molar-refractivity contribution in [3.63, 3.8) is 0 Å². The molecule has 0 bridgehead atoms. The van der Waals surface area contributed by atoms with Crippen molar-refractivity contribution in [2.45, 2.75) is 13.0 Å². The molecule has 128 valence electrons. The summed E-state index contributed by atoms with van der Waals surface area (Å²) in [6.45, 7) is 1.43. The third-order valence-corrected chi connectivity index (χ3v) is 3.92. The zero-order valence-electron chi connectivity index (χ0n) is 13.7. The standard InChI is InChI=1S/C19H16BrNO4/c1-12(19(22)23)25-18-14(6-4-8-17(18)24-2)9-15(11-21)13-5-3-7-16(20)10-13/h3-10,12H,1-2H3,(H,22,23)/b15-9-/t12-/m0/s1. The summed E-state index contributed by atoms with van der Waals surface area (Å²) in [5.74, 6) is -0.413. The molecule has 0 aliphatic heterocycles. The molecule has 1 atom stereocenters. The van der Waals surface area contributed by atoms with Gasteiger partial charge in [0.1, 0.15) is 0 Å². The molecule has 0 spiro atoms. The van der Waals surface area contributed by atoms with E-state index in [1.807, 2.05) is 24.3 Å². The number of nitriles is 1. The molecular formula is C19H16BrNO4. The summed E-state index contributed by atoms with van der Waals surface area (Å²) >= 11 is 3.38. The van der Waals surface area contributed by atoms with Crippen LogP contribution in [0.3, 0.4) is 0 Å². The second kappa shape index (κ2) is 8.36. The Balaban J connectivity index is 2.53. The van der Waals surface area contributed by atoms with Crippen LogP contribution in [-0.2, 0) is 4.79 Å². The van der Waals surface area contributed by atoms with Gasteiger partial charge < -0.3 is 14.6 Å². The number of carboxylic acids is 1. The summed E-state index contributed by atoms with van der Waals surface area (Å²) < 4.78 is 11.7. The maximum atomic E-state index is 11.1. The Bertz CT molecular complexity index is 855. The second-order valence-electron chi connectivity index (χ2n) is 5.16. The SMILES string of the molecule is COc1cccc(/C=C(/C#N)c2cccc(Br)c2)c1O[C@@H](C)C(=O)O. The number of carbonyl (C=O) groups is 1. The van der Waals surface area contributed by atoms with E-state index < -0.39 is 12.1 Å². The molecule has 0 radical (unpaired) electrons. The Morgan fingerprint density at radius 2 is 2.04 bits per heavy atom. The van der Waals surface area contributed by atoms with Gasteiger partial charge in [0.05, 0.1) is 18.8 Å². The summed E-state index contributed by atoms with van der Waals surface area (Å²) in [6.07, 6.45) is 0.591. The number of hydrogen-bond donors (Lipinski definition) is 1. The highest BCUT2D eigenvalue weighted by Crippen LogP contribution is 2.34. The van der Waals surface area contributed by atoms with E-state index in [-0.39, 0.29) is 5.75 Å². The van der Waals surface area contributed by atoms with Gasteiger partial charge in [-0.1, -0.05) is 40.2 Å². The zero-order chi connectivity index (χ0) is 18.4. The number of aliphatic carboxylic acids is 1. The molecular weight excluding hydrogens is 386 g/mol. The van der Waals surface area contributed by atoms with Crippen molar-refractivity contribution >= 4 is 33.5 Å². The number of methoxy groups -OCH3 is 1. The Hall–Kier alpha value is -2.78. The number of hydrogen-bond acceptors (Lipinski definition) is 4. The lowest BCUT2D eigenvalue weighted by Gasteiger charge is -2.16. The summed E-state index contributed by atoms with van der Waals surface area (Å²) in [5, 5.41) is 18.6. The quantitative estimate of drug-likeness (QED) is 0.573. The zero-order valence-corrected chi connectivity index (χ0v) is 15.3. The predicted octanol–water partition coefficient (Wildman–Crippen LogP) is 4.37. The van der Waals surface area contributed by atoms with E-state index in [0.717, 1.165) is 10.0 Å². The van der Waals surface area contributed by atoms with Gasteiger partial charge in [-0.3, -0.25) is 0 Å². The fraction of sp³-hybridized carbons (Fsp3) is 0.158. The van der Waals surface area contributed by atoms with Gasteiger partial charge in [-0.05, 0) is 36.8 Å². The van der Waals surface area contributed by atoms with Crippen molar-refractivity contribution in [2.24, 2.45) is 0 Å². The lowest BCUT2D eigenvalue weighted by Crippen LogP contribution is -2.23. The van der Waals surface area contributed by atoms with E-state index in [1.54, 1.807) is 24.3 Å². The van der Waals surface area contributed by atoms with Crippen LogP contribution in [0.2, 0.25) is 0 Å². The smallest absolute Gasteiger partial charge is 0.344 e. The molecule has 0 saturated heterocycles. The maximum Gasteiger partial charge on any atom is 0.344 e. The Labute approximate surface area is 154 Å². The van der Waals surface area contributed by atoms with Gasteiger partial charge in [0.2, 0.25) is 0 Å². The number of allylic oxidation sites excluding steroid dienone is 1. The molecule has 1 N–H and O–H groups in total. The van der Waals surface area contributed by atoms with Crippen molar-refractivity contribution in [3.05, 3.63) is 58.1 Å². The molecule has 0 unspecified atom stereocenters. The van der Waals surface area contributed by atoms with E-state index in [4.69, 9.17) is 14.6 Å². The number of para-hydroxylation sites is 1. The third kappa shape index (κ3) is 4.61. The molecule has 6 heteroatoms. The number of rotatable bonds is 6. The van der Waals surface area contributed by atoms with Crippen LogP contribution >= 0.6 is 15.9 Å². The Morgan fingerprint density at radius 1 is 1.32 bits per heavy atom. The van der Waals surface area contributed by atoms with Gasteiger partial charge in [-0.25, -0.2) is 4.79 Å². The molecule has 0 aliphatic rings. The highest BCUT2D eigenvalue weighted by Gasteiger charge is 2.18. The first-order valence-electron chi connectivity index (χ1n) is 7.40. The number of carboxylic acid groups (broad SMARTS) is 1. The van der Waals surface area contributed by atoms with Crippen LogP contribution in [0, 0.1) is 11.3 Å². The number of ether oxygens (including phenoxy) is 2. The first-order valence-corrected chi connectivity index (χ1v) is 8.19. The summed E-state index contributed by atoms with van der Waals surface area (Å²) in [7, 11) is 1.47. The summed E-state index contributed by atoms with van der Waals surface area (Å²) in [6, 6.07) is 14.7. The molecule has 0 saturated carbocycles. The van der Waals surface area contributed by atoms with Crippen LogP contribution in [-0.4, -0.2) is 24.3 Å². The highest BCUT2D eigenvalue weighted by molar-refractivity contribution is 9.10. The van der Waals surface area contributed by atoms with Crippen molar-refractivity contribution in [3.8, 4) is 17.6 Å². The largest absolute Gasteiger partial charge is 0.493 e. The van der Waals surface area contributed by atoms with E-state index in [1.165, 1.54) is 14.0 Å². The molecule has 0 aromatic heterocycles. The number of halogens is 1. The molecule has 2 rings (SSSR count). The lowest BCUT2D eigenvalue weighted by atomic mass is 10.0. The summed E-state index contributed by atoms with van der Waals surface area (Å²) in [5.41, 5.74) is 1.71. The van der Waals surface area contributed by atoms with E-state index >= 15 is 0 Å². The minimum absolute atomic E-state index is 0.280. The average molecular weight is 402 g/mol. The Morgan fingerprint density at radius 3 is 2.64 bits per heavy atom. The number of nitrogens with zero attached hydrogens (tertiary/aromatic N) is 1. The van der Waals surface area contributed by atoms with Gasteiger partial charge in [0.15, 0.2) is 17.6 Å². The molecule has 2 aromatic rings. The van der Waals surface area contributed by atoms with Crippen LogP contribution in [0.5, 0.6) is 11.5 Å². The number of benzene rings is 2. The van der Waals surface area contributed by atoms with E-state index in [2.05, 4.69) is 22.0 Å². The van der Waals surface area contributed by atoms with E-state index in [9.17, 15) is 10.1 Å². The van der Waals surface area contributed by atoms with Gasteiger partial charge in [-0.2, -0.15) is 5.26 Å². The summed E-state index contributed by atoms with van der Waals surface area (Å²) in [4.78, 5) is 11.1. The van der Waals surface area contributed by atoms with Crippen LogP contribution in [0.1, 0.15) is 18.1 Å². The fourth-order valence-corrected chi connectivity index (χ4v) is 2.55. The molecule has 25 heavy (non-hydrogen) atoms. The third-order valence-electron chi connectivity index (χ3n) is 3.43. The normalized spacial score (nSPS) is 12.2. The molecule has 2 aromatic carbocycles. The van der Waals surface area contributed by atoms with Crippen LogP contribution in [0.4, 0.5) is 0 Å². The van der Waals surface area contributed by atoms with Crippen LogP contribution < -0.4 is 9.47 Å². The van der Waals surface area contributed by atoms with Gasteiger partial charge in [-0.15, -0.1) is 0 Å². The second-order valence-corrected chi connectivity index (χ2v) is 6.07. The molecule has 5 nitrogen and oxygen atoms in total. The van der Waals surface area contributed by atoms with Crippen molar-refractivity contribution in [1.29, 1.82) is 5.26 Å². The monoisotopic (exact) mass is 401 g/mol. The molecule has 0 fully saturated rings. The van der Waals surface area contributed by atoms with Crippen molar-refractivity contribution in [2.75, 3.05) is 7.11 Å². The lowest BCUT2D eigenvalue weighted by molar-refractivity contribution is -0.144. The first-order chi connectivity index (χ1) is 12.0. The van der Waals surface area contributed by atoms with Gasteiger partial charge >= 0.3 is 5.97 Å². The maximum absolute atomic E-state index is 11.1. The first kappa shape index (κ1) is 18.6. The molecule has 0 heterocycles. The van der Waals surface area contributed by atoms with Crippen molar-refractivity contribution in [1.82, 2.24) is 0 Å². The van der Waals surface area contributed by atoms with E-state index in [0.29, 0.717) is 16.9 Å². The topological polar surface area (TPSA) is 79.5 Å². The molecule has 0 amide bonds. The van der Waals surface area contributed by atoms with Crippen LogP contribution in [0.15, 0.2) is 46.9 Å². The van der Waals surface area contributed by atoms with Crippen molar-refractivity contribution < 1.29 is 19.4 Å². The predicted molar refractivity (Wildman–Crippen MR) is 98.3 cm³/mol. The minimum Gasteiger partial charge on any atom is -0.493 e. The highest BCUT2D eigenvalue weighted by atomic mass is 79.9. The fourth-order valence-electron chi connectivity index (χ4n) is 2.15. The Kier molecular flexibility index (Phi) is 6.20. The van der Waals surface area contributed by atoms with Gasteiger partial charge in [0, 0.05) is 10.0 Å². The molecule has 0 aliphatic carbocycles. The van der Waals surface area contributed by atoms with Crippen LogP contribution in [0.25, 0.3) is 11.6 Å².